The van der Waals surface area contributed by atoms with Crippen LogP contribution in [-0.4, -0.2) is 9.55 Å². The van der Waals surface area contributed by atoms with E-state index in [1.165, 1.54) is 32.1 Å². The molecule has 1 aromatic carbocycles. The molecule has 1 aliphatic carbocycles. The van der Waals surface area contributed by atoms with Crippen molar-refractivity contribution in [2.45, 2.75) is 45.6 Å². The van der Waals surface area contributed by atoms with Gasteiger partial charge in [-0.15, -0.1) is 0 Å². The molecule has 4 heteroatoms. The molecule has 102 valence electrons. The molecule has 0 bridgehead atoms. The number of para-hydroxylation sites is 1. The fourth-order valence-corrected chi connectivity index (χ4v) is 3.54. The van der Waals surface area contributed by atoms with E-state index in [1.54, 1.807) is 0 Å². The maximum atomic E-state index is 6.32. The predicted octanol–water partition coefficient (Wildman–Crippen LogP) is 4.24. The number of nitrogens with zero attached hydrogens (tertiary/aromatic N) is 2. The molecule has 0 saturated heterocycles. The topological polar surface area (TPSA) is 43.8 Å². The van der Waals surface area contributed by atoms with Crippen LogP contribution in [0.1, 0.15) is 39.0 Å². The van der Waals surface area contributed by atoms with Gasteiger partial charge in [0.1, 0.15) is 0 Å². The van der Waals surface area contributed by atoms with Gasteiger partial charge in [0.25, 0.3) is 0 Å². The summed E-state index contributed by atoms with van der Waals surface area (Å²) in [5.74, 6) is 0.579. The molecule has 1 fully saturated rings. The summed E-state index contributed by atoms with van der Waals surface area (Å²) in [6.07, 6.45) is 6.51. The highest BCUT2D eigenvalue weighted by molar-refractivity contribution is 6.35. The number of hydrogen-bond donors (Lipinski definition) is 1. The zero-order valence-electron chi connectivity index (χ0n) is 11.3. The maximum Gasteiger partial charge on any atom is 0.201 e. The molecule has 3 rings (SSSR count). The lowest BCUT2D eigenvalue weighted by atomic mass is 9.75. The smallest absolute Gasteiger partial charge is 0.201 e. The summed E-state index contributed by atoms with van der Waals surface area (Å²) >= 11 is 6.32. The number of nitrogen functional groups attached to an aromatic ring is 1. The van der Waals surface area contributed by atoms with Gasteiger partial charge in [-0.2, -0.15) is 0 Å². The van der Waals surface area contributed by atoms with Gasteiger partial charge in [-0.05, 0) is 30.4 Å². The molecule has 2 N–H and O–H groups in total. The first-order valence-corrected chi connectivity index (χ1v) is 7.37. The SMILES string of the molecule is CC1(Cn2c(N)nc3cccc(Cl)c32)CCCCC1. The summed E-state index contributed by atoms with van der Waals surface area (Å²) in [6, 6.07) is 5.80. The Kier molecular flexibility index (Phi) is 3.17. The van der Waals surface area contributed by atoms with Crippen LogP contribution in [0.3, 0.4) is 0 Å². The van der Waals surface area contributed by atoms with E-state index >= 15 is 0 Å². The second-order valence-electron chi connectivity index (χ2n) is 6.04. The van der Waals surface area contributed by atoms with Crippen LogP contribution < -0.4 is 5.73 Å². The Bertz CT molecular complexity index is 597. The minimum absolute atomic E-state index is 0.319. The lowest BCUT2D eigenvalue weighted by molar-refractivity contribution is 0.186. The minimum atomic E-state index is 0.319. The second kappa shape index (κ2) is 4.71. The second-order valence-corrected chi connectivity index (χ2v) is 6.44. The number of aromatic nitrogens is 2. The Labute approximate surface area is 118 Å². The summed E-state index contributed by atoms with van der Waals surface area (Å²) in [4.78, 5) is 4.43. The summed E-state index contributed by atoms with van der Waals surface area (Å²) in [7, 11) is 0. The molecule has 1 heterocycles. The molecule has 1 aromatic heterocycles. The van der Waals surface area contributed by atoms with Gasteiger partial charge in [-0.3, -0.25) is 0 Å². The molecular weight excluding hydrogens is 258 g/mol. The quantitative estimate of drug-likeness (QED) is 0.892. The van der Waals surface area contributed by atoms with Crippen molar-refractivity contribution >= 4 is 28.6 Å². The number of anilines is 1. The van der Waals surface area contributed by atoms with E-state index in [9.17, 15) is 0 Å². The number of rotatable bonds is 2. The molecule has 0 radical (unpaired) electrons. The predicted molar refractivity (Wildman–Crippen MR) is 80.3 cm³/mol. The van der Waals surface area contributed by atoms with Crippen molar-refractivity contribution in [3.63, 3.8) is 0 Å². The average molecular weight is 278 g/mol. The van der Waals surface area contributed by atoms with E-state index < -0.39 is 0 Å². The first-order valence-electron chi connectivity index (χ1n) is 6.99. The van der Waals surface area contributed by atoms with E-state index in [0.29, 0.717) is 11.4 Å². The van der Waals surface area contributed by atoms with Gasteiger partial charge in [0.2, 0.25) is 5.95 Å². The molecule has 3 nitrogen and oxygen atoms in total. The Morgan fingerprint density at radius 1 is 1.32 bits per heavy atom. The first-order chi connectivity index (χ1) is 9.09. The fourth-order valence-electron chi connectivity index (χ4n) is 3.26. The van der Waals surface area contributed by atoms with Gasteiger partial charge >= 0.3 is 0 Å². The molecule has 0 unspecified atom stereocenters. The highest BCUT2D eigenvalue weighted by Crippen LogP contribution is 2.39. The Balaban J connectivity index is 2.02. The van der Waals surface area contributed by atoms with Gasteiger partial charge in [-0.1, -0.05) is 43.9 Å². The summed E-state index contributed by atoms with van der Waals surface area (Å²) in [5.41, 5.74) is 8.28. The van der Waals surface area contributed by atoms with E-state index in [1.807, 2.05) is 18.2 Å². The van der Waals surface area contributed by atoms with Crippen molar-refractivity contribution in [1.82, 2.24) is 9.55 Å². The molecular formula is C15H20ClN3. The van der Waals surface area contributed by atoms with Crippen LogP contribution in [0.4, 0.5) is 5.95 Å². The van der Waals surface area contributed by atoms with E-state index in [-0.39, 0.29) is 0 Å². The molecule has 0 atom stereocenters. The van der Waals surface area contributed by atoms with Crippen LogP contribution in [0.5, 0.6) is 0 Å². The third-order valence-corrected chi connectivity index (χ3v) is 4.65. The van der Waals surface area contributed by atoms with Crippen LogP contribution in [0.25, 0.3) is 11.0 Å². The fraction of sp³-hybridized carbons (Fsp3) is 0.533. The van der Waals surface area contributed by atoms with Gasteiger partial charge in [-0.25, -0.2) is 4.98 Å². The summed E-state index contributed by atoms with van der Waals surface area (Å²) in [5, 5.41) is 0.737. The van der Waals surface area contributed by atoms with Crippen molar-refractivity contribution in [2.24, 2.45) is 5.41 Å². The van der Waals surface area contributed by atoms with Crippen LogP contribution >= 0.6 is 11.6 Å². The van der Waals surface area contributed by atoms with E-state index in [2.05, 4.69) is 16.5 Å². The summed E-state index contributed by atoms with van der Waals surface area (Å²) < 4.78 is 2.10. The number of benzene rings is 1. The van der Waals surface area contributed by atoms with E-state index in [4.69, 9.17) is 17.3 Å². The highest BCUT2D eigenvalue weighted by atomic mass is 35.5. The van der Waals surface area contributed by atoms with Crippen LogP contribution in [-0.2, 0) is 6.54 Å². The summed E-state index contributed by atoms with van der Waals surface area (Å²) in [6.45, 7) is 3.27. The molecule has 0 amide bonds. The molecule has 1 aliphatic rings. The van der Waals surface area contributed by atoms with Crippen LogP contribution in [0.2, 0.25) is 5.02 Å². The van der Waals surface area contributed by atoms with Gasteiger partial charge in [0, 0.05) is 6.54 Å². The highest BCUT2D eigenvalue weighted by Gasteiger charge is 2.28. The lowest BCUT2D eigenvalue weighted by Gasteiger charge is -2.34. The first kappa shape index (κ1) is 12.8. The number of halogens is 1. The number of nitrogens with two attached hydrogens (primary N) is 1. The third-order valence-electron chi connectivity index (χ3n) is 4.35. The molecule has 0 spiro atoms. The van der Waals surface area contributed by atoms with Crippen molar-refractivity contribution < 1.29 is 0 Å². The molecule has 19 heavy (non-hydrogen) atoms. The normalized spacial score (nSPS) is 18.8. The average Bonchev–Trinajstić information content (AvgIpc) is 2.68. The van der Waals surface area contributed by atoms with Gasteiger partial charge in [0.15, 0.2) is 0 Å². The van der Waals surface area contributed by atoms with Crippen molar-refractivity contribution in [2.75, 3.05) is 5.73 Å². The van der Waals surface area contributed by atoms with Crippen molar-refractivity contribution in [3.05, 3.63) is 23.2 Å². The van der Waals surface area contributed by atoms with Gasteiger partial charge < -0.3 is 10.3 Å². The van der Waals surface area contributed by atoms with Crippen molar-refractivity contribution in [1.29, 1.82) is 0 Å². The zero-order valence-corrected chi connectivity index (χ0v) is 12.1. The number of fused-ring (bicyclic) bond motifs is 1. The largest absolute Gasteiger partial charge is 0.369 e. The molecule has 1 saturated carbocycles. The van der Waals surface area contributed by atoms with Crippen LogP contribution in [0.15, 0.2) is 18.2 Å². The number of hydrogen-bond acceptors (Lipinski definition) is 2. The monoisotopic (exact) mass is 277 g/mol. The zero-order chi connectivity index (χ0) is 13.5. The molecule has 0 aliphatic heterocycles. The minimum Gasteiger partial charge on any atom is -0.369 e. The number of imidazole rings is 1. The Morgan fingerprint density at radius 2 is 2.05 bits per heavy atom. The lowest BCUT2D eigenvalue weighted by Crippen LogP contribution is -2.26. The third kappa shape index (κ3) is 2.32. The van der Waals surface area contributed by atoms with Crippen molar-refractivity contribution in [3.8, 4) is 0 Å². The maximum absolute atomic E-state index is 6.32. The Morgan fingerprint density at radius 3 is 2.79 bits per heavy atom. The van der Waals surface area contributed by atoms with Gasteiger partial charge in [0.05, 0.1) is 16.1 Å². The Hall–Kier alpha value is -1.22. The van der Waals surface area contributed by atoms with E-state index in [0.717, 1.165) is 22.6 Å². The standard InChI is InChI=1S/C15H20ClN3/c1-15(8-3-2-4-9-15)10-19-13-11(16)6-5-7-12(13)18-14(19)17/h5-7H,2-4,8-10H2,1H3,(H2,17,18). The van der Waals surface area contributed by atoms with Crippen LogP contribution in [0, 0.1) is 5.41 Å². The molecule has 2 aromatic rings.